The number of rotatable bonds is 3. The van der Waals surface area contributed by atoms with Crippen LogP contribution in [0.5, 0.6) is 0 Å². The zero-order chi connectivity index (χ0) is 19.0. The number of nitrogens with zero attached hydrogens (tertiary/aromatic N) is 2. The summed E-state index contributed by atoms with van der Waals surface area (Å²) in [5.74, 6) is 0.0841. The minimum atomic E-state index is 0.00174. The fourth-order valence-corrected chi connectivity index (χ4v) is 3.69. The molecule has 1 atom stereocenters. The zero-order valence-corrected chi connectivity index (χ0v) is 15.6. The molecule has 0 spiro atoms. The summed E-state index contributed by atoms with van der Waals surface area (Å²) in [6.45, 7) is 1.58. The van der Waals surface area contributed by atoms with Gasteiger partial charge in [0.25, 0.3) is 5.91 Å². The summed E-state index contributed by atoms with van der Waals surface area (Å²) in [6.07, 6.45) is 2.67. The second-order valence-electron chi connectivity index (χ2n) is 7.34. The first kappa shape index (κ1) is 17.5. The molecule has 1 amide bonds. The number of hydrogen-bond acceptors (Lipinski definition) is 3. The highest BCUT2D eigenvalue weighted by atomic mass is 16.2. The third-order valence-electron chi connectivity index (χ3n) is 5.40. The van der Waals surface area contributed by atoms with Crippen molar-refractivity contribution in [1.29, 1.82) is 0 Å². The molecule has 1 aliphatic rings. The highest BCUT2D eigenvalue weighted by molar-refractivity contribution is 5.95. The molecule has 0 unspecified atom stereocenters. The van der Waals surface area contributed by atoms with E-state index in [2.05, 4.69) is 24.0 Å². The maximum atomic E-state index is 12.7. The van der Waals surface area contributed by atoms with Crippen LogP contribution in [0.25, 0.3) is 22.0 Å². The van der Waals surface area contributed by atoms with Gasteiger partial charge in [0.2, 0.25) is 0 Å². The van der Waals surface area contributed by atoms with Crippen molar-refractivity contribution in [3.05, 3.63) is 70.5 Å². The number of H-pyrrole nitrogens is 1. The Hall–Kier alpha value is -2.92. The fourth-order valence-electron chi connectivity index (χ4n) is 3.69. The van der Waals surface area contributed by atoms with Gasteiger partial charge < -0.3 is 14.8 Å². The van der Waals surface area contributed by atoms with E-state index in [1.807, 2.05) is 47.4 Å². The minimum absolute atomic E-state index is 0.00174. The number of nitrogens with one attached hydrogen (secondary N) is 1. The molecule has 0 saturated carbocycles. The molecule has 1 saturated heterocycles. The Morgan fingerprint density at radius 1 is 1.07 bits per heavy atom. The van der Waals surface area contributed by atoms with Gasteiger partial charge in [-0.1, -0.05) is 18.2 Å². The standard InChI is InChI=1S/C22H23N3O2/c1-24(2)18-10-12-25(14-18)22(27)16-5-3-15(4-6-16)17-7-8-20-19(13-17)21(26)9-11-23-20/h3-9,11,13,18H,10,12,14H2,1-2H3,(H,23,26)/t18-/m1/s1. The third-order valence-corrected chi connectivity index (χ3v) is 5.40. The number of carbonyl (C=O) groups excluding carboxylic acids is 1. The topological polar surface area (TPSA) is 56.4 Å². The smallest absolute Gasteiger partial charge is 0.253 e. The number of hydrogen-bond donors (Lipinski definition) is 1. The average Bonchev–Trinajstić information content (AvgIpc) is 3.18. The average molecular weight is 361 g/mol. The van der Waals surface area contributed by atoms with Crippen LogP contribution in [0, 0.1) is 0 Å². The van der Waals surface area contributed by atoms with Crippen LogP contribution < -0.4 is 5.43 Å². The van der Waals surface area contributed by atoms with Gasteiger partial charge in [-0.2, -0.15) is 0 Å². The van der Waals surface area contributed by atoms with Gasteiger partial charge in [0.1, 0.15) is 0 Å². The lowest BCUT2D eigenvalue weighted by Gasteiger charge is -2.20. The summed E-state index contributed by atoms with van der Waals surface area (Å²) in [5, 5.41) is 0.668. The van der Waals surface area contributed by atoms with Crippen LogP contribution in [0.1, 0.15) is 16.8 Å². The van der Waals surface area contributed by atoms with Crippen LogP contribution in [0.15, 0.2) is 59.5 Å². The number of aromatic nitrogens is 1. The minimum Gasteiger partial charge on any atom is -0.361 e. The van der Waals surface area contributed by atoms with Crippen molar-refractivity contribution >= 4 is 16.8 Å². The molecule has 1 aliphatic heterocycles. The first-order chi connectivity index (χ1) is 13.0. The number of likely N-dealkylation sites (tertiary alicyclic amines) is 1. The predicted molar refractivity (Wildman–Crippen MR) is 108 cm³/mol. The summed E-state index contributed by atoms with van der Waals surface area (Å²) < 4.78 is 0. The molecule has 2 aromatic carbocycles. The summed E-state index contributed by atoms with van der Waals surface area (Å²) >= 11 is 0. The molecule has 0 aliphatic carbocycles. The van der Waals surface area contributed by atoms with Crippen molar-refractivity contribution in [2.24, 2.45) is 0 Å². The Kier molecular flexibility index (Phi) is 4.54. The van der Waals surface area contributed by atoms with Crippen LogP contribution in [0.3, 0.4) is 0 Å². The number of likely N-dealkylation sites (N-methyl/N-ethyl adjacent to an activating group) is 1. The first-order valence-corrected chi connectivity index (χ1v) is 9.20. The molecule has 138 valence electrons. The Morgan fingerprint density at radius 2 is 1.81 bits per heavy atom. The third kappa shape index (κ3) is 3.38. The van der Waals surface area contributed by atoms with E-state index in [1.165, 1.54) is 6.07 Å². The van der Waals surface area contributed by atoms with E-state index in [4.69, 9.17) is 0 Å². The summed E-state index contributed by atoms with van der Waals surface area (Å²) in [4.78, 5) is 32.0. The molecule has 5 heteroatoms. The number of benzene rings is 2. The van der Waals surface area contributed by atoms with E-state index in [0.717, 1.165) is 36.2 Å². The number of pyridine rings is 1. The molecule has 2 heterocycles. The molecule has 0 radical (unpaired) electrons. The van der Waals surface area contributed by atoms with E-state index in [9.17, 15) is 9.59 Å². The molecule has 5 nitrogen and oxygen atoms in total. The van der Waals surface area contributed by atoms with Crippen molar-refractivity contribution in [1.82, 2.24) is 14.8 Å². The SMILES string of the molecule is CN(C)[C@@H]1CCN(C(=O)c2ccc(-c3ccc4[nH]ccc(=O)c4c3)cc2)C1. The van der Waals surface area contributed by atoms with Crippen LogP contribution in [0.4, 0.5) is 0 Å². The molecule has 0 bridgehead atoms. The van der Waals surface area contributed by atoms with Gasteiger partial charge in [-0.15, -0.1) is 0 Å². The molecular formula is C22H23N3O2. The van der Waals surface area contributed by atoms with Gasteiger partial charge in [0.05, 0.1) is 0 Å². The van der Waals surface area contributed by atoms with Crippen molar-refractivity contribution in [2.45, 2.75) is 12.5 Å². The highest BCUT2D eigenvalue weighted by Gasteiger charge is 2.27. The molecule has 27 heavy (non-hydrogen) atoms. The molecule has 1 N–H and O–H groups in total. The Labute approximate surface area is 158 Å². The number of amides is 1. The number of aromatic amines is 1. The molecule has 3 aromatic rings. The normalized spacial score (nSPS) is 17.0. The second kappa shape index (κ2) is 7.00. The van der Waals surface area contributed by atoms with E-state index < -0.39 is 0 Å². The van der Waals surface area contributed by atoms with Gasteiger partial charge in [-0.05, 0) is 55.9 Å². The van der Waals surface area contributed by atoms with Gasteiger partial charge in [0, 0.05) is 47.9 Å². The summed E-state index contributed by atoms with van der Waals surface area (Å²) in [7, 11) is 4.12. The molecule has 4 rings (SSSR count). The zero-order valence-electron chi connectivity index (χ0n) is 15.6. The fraction of sp³-hybridized carbons (Fsp3) is 0.273. The Bertz CT molecular complexity index is 1040. The van der Waals surface area contributed by atoms with Gasteiger partial charge in [-0.3, -0.25) is 9.59 Å². The van der Waals surface area contributed by atoms with Crippen LogP contribution in [-0.4, -0.2) is 53.9 Å². The lowest BCUT2D eigenvalue weighted by molar-refractivity contribution is 0.0783. The molecule has 1 fully saturated rings. The van der Waals surface area contributed by atoms with Gasteiger partial charge >= 0.3 is 0 Å². The van der Waals surface area contributed by atoms with Crippen molar-refractivity contribution < 1.29 is 4.79 Å². The predicted octanol–water partition coefficient (Wildman–Crippen LogP) is 2.97. The van der Waals surface area contributed by atoms with Crippen LogP contribution in [-0.2, 0) is 0 Å². The maximum Gasteiger partial charge on any atom is 0.253 e. The van der Waals surface area contributed by atoms with Crippen molar-refractivity contribution in [3.63, 3.8) is 0 Å². The lowest BCUT2D eigenvalue weighted by atomic mass is 10.0. The maximum absolute atomic E-state index is 12.7. The monoisotopic (exact) mass is 361 g/mol. The Morgan fingerprint density at radius 3 is 2.52 bits per heavy atom. The molecular weight excluding hydrogens is 338 g/mol. The first-order valence-electron chi connectivity index (χ1n) is 9.20. The van der Waals surface area contributed by atoms with Crippen LogP contribution >= 0.6 is 0 Å². The van der Waals surface area contributed by atoms with E-state index in [1.54, 1.807) is 6.20 Å². The largest absolute Gasteiger partial charge is 0.361 e. The van der Waals surface area contributed by atoms with Gasteiger partial charge in [-0.25, -0.2) is 0 Å². The Balaban J connectivity index is 1.57. The molecule has 1 aromatic heterocycles. The summed E-state index contributed by atoms with van der Waals surface area (Å²) in [6, 6.07) is 15.4. The number of fused-ring (bicyclic) bond motifs is 1. The van der Waals surface area contributed by atoms with E-state index in [-0.39, 0.29) is 11.3 Å². The van der Waals surface area contributed by atoms with E-state index in [0.29, 0.717) is 17.0 Å². The lowest BCUT2D eigenvalue weighted by Crippen LogP contribution is -2.34. The van der Waals surface area contributed by atoms with Crippen molar-refractivity contribution in [2.75, 3.05) is 27.2 Å². The van der Waals surface area contributed by atoms with Crippen LogP contribution in [0.2, 0.25) is 0 Å². The summed E-state index contributed by atoms with van der Waals surface area (Å²) in [5.41, 5.74) is 3.48. The number of carbonyl (C=O) groups is 1. The quantitative estimate of drug-likeness (QED) is 0.780. The van der Waals surface area contributed by atoms with E-state index >= 15 is 0 Å². The second-order valence-corrected chi connectivity index (χ2v) is 7.34. The van der Waals surface area contributed by atoms with Crippen molar-refractivity contribution in [3.8, 4) is 11.1 Å². The van der Waals surface area contributed by atoms with Gasteiger partial charge in [0.15, 0.2) is 5.43 Å². The highest BCUT2D eigenvalue weighted by Crippen LogP contribution is 2.24.